The molecular weight excluding hydrogens is 352 g/mol. The van der Waals surface area contributed by atoms with Crippen molar-refractivity contribution in [1.82, 2.24) is 24.7 Å². The third kappa shape index (κ3) is 3.52. The molecular formula is C17H20N6O2S. The van der Waals surface area contributed by atoms with Crippen LogP contribution in [0, 0.1) is 18.6 Å². The van der Waals surface area contributed by atoms with Crippen LogP contribution in [0.4, 0.5) is 0 Å². The van der Waals surface area contributed by atoms with E-state index in [4.69, 9.17) is 21.7 Å². The van der Waals surface area contributed by atoms with Crippen LogP contribution in [0.15, 0.2) is 29.4 Å². The average Bonchev–Trinajstić information content (AvgIpc) is 3.14. The van der Waals surface area contributed by atoms with E-state index in [9.17, 15) is 0 Å². The third-order valence-electron chi connectivity index (χ3n) is 3.64. The molecule has 0 radical (unpaired) electrons. The van der Waals surface area contributed by atoms with Crippen LogP contribution >= 0.6 is 12.2 Å². The van der Waals surface area contributed by atoms with Crippen molar-refractivity contribution in [3.63, 3.8) is 0 Å². The number of aryl methyl sites for hydroxylation is 2. The number of nitrogens with zero attached hydrogens (tertiary/aromatic N) is 5. The second-order valence-corrected chi connectivity index (χ2v) is 5.95. The molecule has 0 fully saturated rings. The van der Waals surface area contributed by atoms with Gasteiger partial charge in [-0.2, -0.15) is 14.9 Å². The molecule has 26 heavy (non-hydrogen) atoms. The highest BCUT2D eigenvalue weighted by atomic mass is 32.1. The van der Waals surface area contributed by atoms with Crippen molar-refractivity contribution in [2.45, 2.75) is 20.8 Å². The van der Waals surface area contributed by atoms with Gasteiger partial charge in [0.05, 0.1) is 25.6 Å². The molecule has 0 bridgehead atoms. The summed E-state index contributed by atoms with van der Waals surface area (Å²) in [6.45, 7) is 6.34. The zero-order valence-electron chi connectivity index (χ0n) is 15.1. The molecule has 3 rings (SSSR count). The summed E-state index contributed by atoms with van der Waals surface area (Å²) < 4.78 is 14.5. The standard InChI is InChI=1S/C17H20N6O2S/c1-5-25-15-9-13(6-7-14(15)24-4)10-18-23-16(19-20-17(23)26)22-12(3)8-11(2)21-22/h6-10H,5H2,1-4H3,(H,20,26)/b18-10-. The first-order chi connectivity index (χ1) is 12.5. The highest BCUT2D eigenvalue weighted by Gasteiger charge is 2.12. The fourth-order valence-corrected chi connectivity index (χ4v) is 2.70. The lowest BCUT2D eigenvalue weighted by Crippen LogP contribution is -2.07. The lowest BCUT2D eigenvalue weighted by molar-refractivity contribution is 0.311. The summed E-state index contributed by atoms with van der Waals surface area (Å²) in [4.78, 5) is 0. The maximum atomic E-state index is 5.59. The quantitative estimate of drug-likeness (QED) is 0.531. The van der Waals surface area contributed by atoms with E-state index < -0.39 is 0 Å². The van der Waals surface area contributed by atoms with Gasteiger partial charge in [0, 0.05) is 5.69 Å². The zero-order valence-corrected chi connectivity index (χ0v) is 15.9. The zero-order chi connectivity index (χ0) is 18.7. The smallest absolute Gasteiger partial charge is 0.271 e. The lowest BCUT2D eigenvalue weighted by Gasteiger charge is -2.09. The van der Waals surface area contributed by atoms with Crippen molar-refractivity contribution in [2.75, 3.05) is 13.7 Å². The number of ether oxygens (including phenoxy) is 2. The third-order valence-corrected chi connectivity index (χ3v) is 3.91. The average molecular weight is 372 g/mol. The number of benzene rings is 1. The van der Waals surface area contributed by atoms with E-state index in [1.54, 1.807) is 18.0 Å². The first-order valence-electron chi connectivity index (χ1n) is 8.09. The Morgan fingerprint density at radius 1 is 1.27 bits per heavy atom. The minimum absolute atomic E-state index is 0.377. The van der Waals surface area contributed by atoms with Crippen molar-refractivity contribution < 1.29 is 9.47 Å². The van der Waals surface area contributed by atoms with E-state index in [0.29, 0.717) is 28.8 Å². The maximum Gasteiger partial charge on any atom is 0.271 e. The van der Waals surface area contributed by atoms with Gasteiger partial charge in [-0.1, -0.05) is 0 Å². The van der Waals surface area contributed by atoms with Crippen LogP contribution in [0.3, 0.4) is 0 Å². The molecule has 0 aliphatic carbocycles. The van der Waals surface area contributed by atoms with Gasteiger partial charge in [-0.3, -0.25) is 0 Å². The van der Waals surface area contributed by atoms with E-state index in [1.165, 1.54) is 4.68 Å². The number of rotatable bonds is 6. The summed E-state index contributed by atoms with van der Waals surface area (Å²) >= 11 is 5.29. The lowest BCUT2D eigenvalue weighted by atomic mass is 10.2. The molecule has 2 heterocycles. The summed E-state index contributed by atoms with van der Waals surface area (Å²) in [7, 11) is 1.61. The molecule has 1 N–H and O–H groups in total. The topological polar surface area (TPSA) is 82.3 Å². The second kappa shape index (κ2) is 7.52. The van der Waals surface area contributed by atoms with Gasteiger partial charge < -0.3 is 9.47 Å². The molecule has 9 heteroatoms. The molecule has 0 saturated carbocycles. The molecule has 0 atom stereocenters. The molecule has 0 unspecified atom stereocenters. The van der Waals surface area contributed by atoms with E-state index >= 15 is 0 Å². The highest BCUT2D eigenvalue weighted by molar-refractivity contribution is 7.71. The van der Waals surface area contributed by atoms with Gasteiger partial charge in [-0.25, -0.2) is 9.78 Å². The van der Waals surface area contributed by atoms with Crippen molar-refractivity contribution in [2.24, 2.45) is 5.10 Å². The predicted molar refractivity (Wildman–Crippen MR) is 101 cm³/mol. The molecule has 0 saturated heterocycles. The van der Waals surface area contributed by atoms with Crippen LogP contribution < -0.4 is 9.47 Å². The molecule has 0 aliphatic rings. The molecule has 2 aromatic heterocycles. The Morgan fingerprint density at radius 2 is 2.08 bits per heavy atom. The highest BCUT2D eigenvalue weighted by Crippen LogP contribution is 2.27. The first kappa shape index (κ1) is 17.9. The van der Waals surface area contributed by atoms with Crippen LogP contribution in [-0.4, -0.2) is 44.6 Å². The minimum atomic E-state index is 0.377. The fourth-order valence-electron chi connectivity index (χ4n) is 2.52. The number of hydrogen-bond acceptors (Lipinski definition) is 6. The Kier molecular flexibility index (Phi) is 5.17. The minimum Gasteiger partial charge on any atom is -0.493 e. The Hall–Kier alpha value is -2.94. The number of aromatic nitrogens is 5. The number of nitrogens with one attached hydrogen (secondary N) is 1. The van der Waals surface area contributed by atoms with Gasteiger partial charge in [-0.15, -0.1) is 5.10 Å². The van der Waals surface area contributed by atoms with Crippen molar-refractivity contribution in [3.8, 4) is 17.4 Å². The summed E-state index contributed by atoms with van der Waals surface area (Å²) in [6, 6.07) is 7.54. The van der Waals surface area contributed by atoms with Gasteiger partial charge in [0.15, 0.2) is 11.5 Å². The van der Waals surface area contributed by atoms with E-state index in [2.05, 4.69) is 20.4 Å². The summed E-state index contributed by atoms with van der Waals surface area (Å²) in [5, 5.41) is 15.9. The predicted octanol–water partition coefficient (Wildman–Crippen LogP) is 3.03. The van der Waals surface area contributed by atoms with Gasteiger partial charge in [-0.05, 0) is 62.8 Å². The normalized spacial score (nSPS) is 11.2. The molecule has 1 aromatic carbocycles. The van der Waals surface area contributed by atoms with Gasteiger partial charge >= 0.3 is 0 Å². The molecule has 0 spiro atoms. The van der Waals surface area contributed by atoms with Crippen molar-refractivity contribution in [1.29, 1.82) is 0 Å². The van der Waals surface area contributed by atoms with Gasteiger partial charge in [0.2, 0.25) is 4.77 Å². The maximum absolute atomic E-state index is 5.59. The van der Waals surface area contributed by atoms with Crippen LogP contribution in [-0.2, 0) is 0 Å². The number of H-pyrrole nitrogens is 1. The van der Waals surface area contributed by atoms with Crippen LogP contribution in [0.2, 0.25) is 0 Å². The summed E-state index contributed by atoms with van der Waals surface area (Å²) in [5.41, 5.74) is 2.68. The van der Waals surface area contributed by atoms with Gasteiger partial charge in [0.1, 0.15) is 0 Å². The molecule has 0 aliphatic heterocycles. The van der Waals surface area contributed by atoms with E-state index in [-0.39, 0.29) is 0 Å². The molecule has 0 amide bonds. The van der Waals surface area contributed by atoms with Crippen molar-refractivity contribution >= 4 is 18.4 Å². The Balaban J connectivity index is 1.97. The fraction of sp³-hybridized carbons (Fsp3) is 0.294. The summed E-state index contributed by atoms with van der Waals surface area (Å²) in [5.74, 6) is 1.83. The van der Waals surface area contributed by atoms with Crippen molar-refractivity contribution in [3.05, 3.63) is 46.0 Å². The number of methoxy groups -OCH3 is 1. The summed E-state index contributed by atoms with van der Waals surface area (Å²) in [6.07, 6.45) is 1.68. The monoisotopic (exact) mass is 372 g/mol. The Bertz CT molecular complexity index is 1000. The van der Waals surface area contributed by atoms with E-state index in [1.807, 2.05) is 45.0 Å². The van der Waals surface area contributed by atoms with E-state index in [0.717, 1.165) is 17.0 Å². The van der Waals surface area contributed by atoms with Gasteiger partial charge in [0.25, 0.3) is 5.95 Å². The van der Waals surface area contributed by atoms with Crippen LogP contribution in [0.5, 0.6) is 11.5 Å². The van der Waals surface area contributed by atoms with Crippen LogP contribution in [0.25, 0.3) is 5.95 Å². The van der Waals surface area contributed by atoms with Crippen LogP contribution in [0.1, 0.15) is 23.9 Å². The molecule has 3 aromatic rings. The number of aromatic amines is 1. The largest absolute Gasteiger partial charge is 0.493 e. The number of hydrogen-bond donors (Lipinski definition) is 1. The Morgan fingerprint density at radius 3 is 2.73 bits per heavy atom. The SMILES string of the molecule is CCOc1cc(/C=N\n2c(-n3nc(C)cc3C)n[nH]c2=S)ccc1OC. The Labute approximate surface area is 156 Å². The second-order valence-electron chi connectivity index (χ2n) is 5.57. The first-order valence-corrected chi connectivity index (χ1v) is 8.50. The molecule has 8 nitrogen and oxygen atoms in total. The molecule has 136 valence electrons.